The molecule has 0 amide bonds. The SMILES string of the molecule is CC(=O)CC(N=O)c1ccccc1C(C)(C)C. The number of carbonyl (C=O) groups excluding carboxylic acids is 1. The van der Waals surface area contributed by atoms with E-state index in [0.717, 1.165) is 11.1 Å². The molecule has 3 nitrogen and oxygen atoms in total. The van der Waals surface area contributed by atoms with Crippen molar-refractivity contribution in [2.45, 2.75) is 45.6 Å². The minimum Gasteiger partial charge on any atom is -0.300 e. The molecule has 1 unspecified atom stereocenters. The highest BCUT2D eigenvalue weighted by Crippen LogP contribution is 2.32. The molecule has 1 aromatic carbocycles. The average molecular weight is 233 g/mol. The van der Waals surface area contributed by atoms with Gasteiger partial charge in [-0.15, -0.1) is 0 Å². The fourth-order valence-electron chi connectivity index (χ4n) is 1.95. The number of carbonyl (C=O) groups is 1. The topological polar surface area (TPSA) is 46.5 Å². The van der Waals surface area contributed by atoms with Crippen LogP contribution in [0.2, 0.25) is 0 Å². The van der Waals surface area contributed by atoms with E-state index >= 15 is 0 Å². The van der Waals surface area contributed by atoms with Gasteiger partial charge in [-0.2, -0.15) is 4.91 Å². The normalized spacial score (nSPS) is 13.2. The third-order valence-corrected chi connectivity index (χ3v) is 2.74. The Morgan fingerprint density at radius 3 is 2.35 bits per heavy atom. The van der Waals surface area contributed by atoms with Crippen LogP contribution in [0.5, 0.6) is 0 Å². The van der Waals surface area contributed by atoms with Gasteiger partial charge in [0.25, 0.3) is 0 Å². The monoisotopic (exact) mass is 233 g/mol. The molecule has 0 radical (unpaired) electrons. The summed E-state index contributed by atoms with van der Waals surface area (Å²) in [6.07, 6.45) is 0.177. The fraction of sp³-hybridized carbons (Fsp3) is 0.500. The summed E-state index contributed by atoms with van der Waals surface area (Å²) >= 11 is 0. The number of ketones is 1. The first-order valence-corrected chi connectivity index (χ1v) is 5.77. The minimum absolute atomic E-state index is 0.0155. The molecule has 0 aliphatic carbocycles. The summed E-state index contributed by atoms with van der Waals surface area (Å²) in [5.41, 5.74) is 1.88. The van der Waals surface area contributed by atoms with Crippen LogP contribution in [0.1, 0.15) is 51.3 Å². The van der Waals surface area contributed by atoms with Gasteiger partial charge in [-0.1, -0.05) is 50.2 Å². The van der Waals surface area contributed by atoms with Gasteiger partial charge < -0.3 is 0 Å². The van der Waals surface area contributed by atoms with E-state index in [-0.39, 0.29) is 17.6 Å². The van der Waals surface area contributed by atoms with Gasteiger partial charge in [0.05, 0.1) is 0 Å². The highest BCUT2D eigenvalue weighted by Gasteiger charge is 2.23. The molecule has 0 N–H and O–H groups in total. The van der Waals surface area contributed by atoms with Crippen molar-refractivity contribution in [1.29, 1.82) is 0 Å². The second-order valence-corrected chi connectivity index (χ2v) is 5.36. The second kappa shape index (κ2) is 5.21. The van der Waals surface area contributed by atoms with Gasteiger partial charge in [0.2, 0.25) is 0 Å². The van der Waals surface area contributed by atoms with Gasteiger partial charge in [0.1, 0.15) is 11.8 Å². The van der Waals surface area contributed by atoms with Crippen molar-refractivity contribution in [3.8, 4) is 0 Å². The number of hydrogen-bond donors (Lipinski definition) is 0. The molecule has 3 heteroatoms. The Morgan fingerprint density at radius 2 is 1.88 bits per heavy atom. The zero-order valence-corrected chi connectivity index (χ0v) is 10.9. The van der Waals surface area contributed by atoms with E-state index in [9.17, 15) is 9.70 Å². The largest absolute Gasteiger partial charge is 0.300 e. The van der Waals surface area contributed by atoms with Crippen LogP contribution in [0.3, 0.4) is 0 Å². The van der Waals surface area contributed by atoms with E-state index in [4.69, 9.17) is 0 Å². The van der Waals surface area contributed by atoms with Crippen LogP contribution in [0.15, 0.2) is 29.4 Å². The number of Topliss-reactive ketones (excluding diaryl/α,β-unsaturated/α-hetero) is 1. The Labute approximate surface area is 102 Å². The predicted octanol–water partition coefficient (Wildman–Crippen LogP) is 3.77. The Kier molecular flexibility index (Phi) is 4.16. The third kappa shape index (κ3) is 3.48. The van der Waals surface area contributed by atoms with Gasteiger partial charge in [0.15, 0.2) is 0 Å². The van der Waals surface area contributed by atoms with Crippen LogP contribution >= 0.6 is 0 Å². The number of nitrogens with zero attached hydrogens (tertiary/aromatic N) is 1. The molecule has 1 atom stereocenters. The fourth-order valence-corrected chi connectivity index (χ4v) is 1.95. The molecule has 0 aliphatic rings. The van der Waals surface area contributed by atoms with Gasteiger partial charge in [0, 0.05) is 6.42 Å². The van der Waals surface area contributed by atoms with E-state index in [0.29, 0.717) is 0 Å². The van der Waals surface area contributed by atoms with Crippen molar-refractivity contribution in [2.75, 3.05) is 0 Å². The summed E-state index contributed by atoms with van der Waals surface area (Å²) in [5.74, 6) is -0.0155. The first kappa shape index (κ1) is 13.6. The number of nitroso groups, excluding NO2 is 1. The first-order chi connectivity index (χ1) is 7.86. The lowest BCUT2D eigenvalue weighted by Gasteiger charge is -2.24. The summed E-state index contributed by atoms with van der Waals surface area (Å²) < 4.78 is 0. The van der Waals surface area contributed by atoms with Crippen LogP contribution in [-0.4, -0.2) is 5.78 Å². The Bertz CT molecular complexity index is 418. The Morgan fingerprint density at radius 1 is 1.29 bits per heavy atom. The lowest BCUT2D eigenvalue weighted by atomic mass is 9.81. The van der Waals surface area contributed by atoms with Crippen LogP contribution in [0, 0.1) is 4.91 Å². The number of hydrogen-bond acceptors (Lipinski definition) is 3. The molecule has 0 saturated carbocycles. The second-order valence-electron chi connectivity index (χ2n) is 5.36. The summed E-state index contributed by atoms with van der Waals surface area (Å²) in [5, 5.41) is 3.10. The standard InChI is InChI=1S/C14H19NO2/c1-10(16)9-13(15-17)11-7-5-6-8-12(11)14(2,3)4/h5-8,13H,9H2,1-4H3. The quantitative estimate of drug-likeness (QED) is 0.743. The van der Waals surface area contributed by atoms with Crippen molar-refractivity contribution in [2.24, 2.45) is 5.18 Å². The highest BCUT2D eigenvalue weighted by atomic mass is 16.3. The summed E-state index contributed by atoms with van der Waals surface area (Å²) in [4.78, 5) is 22.1. The lowest BCUT2D eigenvalue weighted by molar-refractivity contribution is -0.117. The number of rotatable bonds is 4. The average Bonchev–Trinajstić information content (AvgIpc) is 2.24. The highest BCUT2D eigenvalue weighted by molar-refractivity contribution is 5.76. The maximum Gasteiger partial charge on any atom is 0.132 e. The molecule has 17 heavy (non-hydrogen) atoms. The maximum absolute atomic E-state index is 11.1. The van der Waals surface area contributed by atoms with Gasteiger partial charge >= 0.3 is 0 Å². The molecule has 1 aromatic rings. The van der Waals surface area contributed by atoms with E-state index in [1.807, 2.05) is 24.3 Å². The van der Waals surface area contributed by atoms with Crippen LogP contribution in [0.4, 0.5) is 0 Å². The van der Waals surface area contributed by atoms with E-state index < -0.39 is 6.04 Å². The molecule has 0 spiro atoms. The molecular weight excluding hydrogens is 214 g/mol. The minimum atomic E-state index is -0.567. The molecular formula is C14H19NO2. The van der Waals surface area contributed by atoms with Crippen LogP contribution in [0.25, 0.3) is 0 Å². The van der Waals surface area contributed by atoms with Crippen molar-refractivity contribution in [3.05, 3.63) is 40.3 Å². The molecule has 0 bridgehead atoms. The van der Waals surface area contributed by atoms with Crippen molar-refractivity contribution in [3.63, 3.8) is 0 Å². The zero-order chi connectivity index (χ0) is 13.1. The lowest BCUT2D eigenvalue weighted by Crippen LogP contribution is -2.16. The molecule has 0 fully saturated rings. The maximum atomic E-state index is 11.1. The number of benzene rings is 1. The zero-order valence-electron chi connectivity index (χ0n) is 10.9. The molecule has 0 aromatic heterocycles. The molecule has 0 saturated heterocycles. The van der Waals surface area contributed by atoms with Gasteiger partial charge in [-0.3, -0.25) is 4.79 Å². The molecule has 0 aliphatic heterocycles. The first-order valence-electron chi connectivity index (χ1n) is 5.77. The van der Waals surface area contributed by atoms with Crippen molar-refractivity contribution in [1.82, 2.24) is 0 Å². The van der Waals surface area contributed by atoms with Gasteiger partial charge in [-0.25, -0.2) is 0 Å². The Balaban J connectivity index is 3.19. The van der Waals surface area contributed by atoms with Crippen LogP contribution < -0.4 is 0 Å². The van der Waals surface area contributed by atoms with E-state index in [1.165, 1.54) is 6.92 Å². The summed E-state index contributed by atoms with van der Waals surface area (Å²) in [6, 6.07) is 7.13. The third-order valence-electron chi connectivity index (χ3n) is 2.74. The molecule has 92 valence electrons. The van der Waals surface area contributed by atoms with Crippen LogP contribution in [-0.2, 0) is 10.2 Å². The Hall–Kier alpha value is -1.51. The summed E-state index contributed by atoms with van der Waals surface area (Å²) in [6.45, 7) is 7.74. The van der Waals surface area contributed by atoms with E-state index in [1.54, 1.807) is 0 Å². The molecule has 1 rings (SSSR count). The predicted molar refractivity (Wildman–Crippen MR) is 69.0 cm³/mol. The van der Waals surface area contributed by atoms with Crippen molar-refractivity contribution < 1.29 is 4.79 Å². The summed E-state index contributed by atoms with van der Waals surface area (Å²) in [7, 11) is 0. The smallest absolute Gasteiger partial charge is 0.132 e. The van der Waals surface area contributed by atoms with E-state index in [2.05, 4.69) is 25.9 Å². The molecule has 0 heterocycles. The van der Waals surface area contributed by atoms with Crippen molar-refractivity contribution >= 4 is 5.78 Å². The van der Waals surface area contributed by atoms with Gasteiger partial charge in [-0.05, 0) is 23.5 Å².